The molecular formula is C46H70N4O6S. The largest absolute Gasteiger partial charge is 0.493 e. The highest BCUT2D eigenvalue weighted by Gasteiger charge is 2.21. The van der Waals surface area contributed by atoms with Gasteiger partial charge in [0, 0.05) is 43.4 Å². The third kappa shape index (κ3) is 18.9. The van der Waals surface area contributed by atoms with Crippen molar-refractivity contribution in [2.75, 3.05) is 31.7 Å². The highest BCUT2D eigenvalue weighted by Crippen LogP contribution is 2.33. The zero-order chi connectivity index (χ0) is 41.1. The van der Waals surface area contributed by atoms with Crippen molar-refractivity contribution in [1.82, 2.24) is 0 Å². The lowest BCUT2D eigenvalue weighted by Crippen LogP contribution is -2.18. The minimum Gasteiger partial charge on any atom is -0.493 e. The van der Waals surface area contributed by atoms with Gasteiger partial charge in [0.2, 0.25) is 0 Å². The Bertz CT molecular complexity index is 1700. The number of hydrogen-bond donors (Lipinski definition) is 2. The Kier molecular flexibility index (Phi) is 23.0. The molecule has 0 heterocycles. The maximum absolute atomic E-state index is 13.9. The maximum atomic E-state index is 13.9. The topological polar surface area (TPSA) is 144 Å². The SMILES string of the molecule is CCCCCCCCCCOc1cc(CS(=O)(=O)c2ccc(N=Nc3ccc(N(C)CCCCC(=O)O)cc3)cc2)c(OCCCCCCCCCC)cc1CN. The number of ether oxygens (including phenoxy) is 2. The van der Waals surface area contributed by atoms with E-state index in [0.717, 1.165) is 49.9 Å². The summed E-state index contributed by atoms with van der Waals surface area (Å²) in [4.78, 5) is 13.0. The molecule has 0 unspecified atom stereocenters. The van der Waals surface area contributed by atoms with Crippen molar-refractivity contribution in [2.24, 2.45) is 16.0 Å². The van der Waals surface area contributed by atoms with Gasteiger partial charge in [0.05, 0.1) is 35.2 Å². The number of carbonyl (C=O) groups is 1. The molecule has 0 radical (unpaired) electrons. The lowest BCUT2D eigenvalue weighted by molar-refractivity contribution is -0.137. The van der Waals surface area contributed by atoms with Gasteiger partial charge < -0.3 is 25.2 Å². The van der Waals surface area contributed by atoms with Gasteiger partial charge in [-0.05, 0) is 86.3 Å². The lowest BCUT2D eigenvalue weighted by atomic mass is 10.1. The number of anilines is 1. The first kappa shape index (κ1) is 47.4. The average Bonchev–Trinajstić information content (AvgIpc) is 3.21. The van der Waals surface area contributed by atoms with Gasteiger partial charge in [0.25, 0.3) is 0 Å². The maximum Gasteiger partial charge on any atom is 0.303 e. The monoisotopic (exact) mass is 807 g/mol. The molecule has 3 rings (SSSR count). The Labute approximate surface area is 343 Å². The smallest absolute Gasteiger partial charge is 0.303 e. The summed E-state index contributed by atoms with van der Waals surface area (Å²) in [7, 11) is -1.78. The van der Waals surface area contributed by atoms with Crippen LogP contribution in [0, 0.1) is 0 Å². The number of benzene rings is 3. The van der Waals surface area contributed by atoms with E-state index in [-0.39, 0.29) is 23.6 Å². The summed E-state index contributed by atoms with van der Waals surface area (Å²) in [6, 6.07) is 17.8. The normalized spacial score (nSPS) is 11.6. The zero-order valence-electron chi connectivity index (χ0n) is 35.1. The second kappa shape index (κ2) is 27.6. The van der Waals surface area contributed by atoms with Crippen LogP contribution in [0.1, 0.15) is 147 Å². The Hall–Kier alpha value is -3.96. The van der Waals surface area contributed by atoms with E-state index in [4.69, 9.17) is 20.3 Å². The minimum atomic E-state index is -3.75. The Morgan fingerprint density at radius 2 is 1.11 bits per heavy atom. The van der Waals surface area contributed by atoms with Crippen LogP contribution in [-0.4, -0.2) is 46.3 Å². The first-order valence-corrected chi connectivity index (χ1v) is 23.2. The van der Waals surface area contributed by atoms with Crippen LogP contribution in [0.3, 0.4) is 0 Å². The molecular weight excluding hydrogens is 737 g/mol. The molecule has 0 atom stereocenters. The molecule has 11 heteroatoms. The highest BCUT2D eigenvalue weighted by molar-refractivity contribution is 7.90. The molecule has 316 valence electrons. The number of sulfone groups is 1. The van der Waals surface area contributed by atoms with Crippen molar-refractivity contribution in [3.63, 3.8) is 0 Å². The van der Waals surface area contributed by atoms with E-state index in [1.165, 1.54) is 77.0 Å². The molecule has 0 bridgehead atoms. The standard InChI is InChI=1S/C46H70N4O6S/c1-4-6-8-10-12-14-16-20-32-55-44-35-39(45(34-38(44)36-47)56-33-21-17-15-13-11-9-7-5-2)37-57(53,54)43-29-25-41(26-30-43)49-48-40-23-27-42(28-24-40)50(3)31-19-18-22-46(51)52/h23-30,34-35H,4-22,31-33,36-37,47H2,1-3H3,(H,51,52). The van der Waals surface area contributed by atoms with Crippen LogP contribution in [0.2, 0.25) is 0 Å². The molecule has 3 aromatic rings. The third-order valence-electron chi connectivity index (χ3n) is 10.2. The van der Waals surface area contributed by atoms with Crippen molar-refractivity contribution in [3.8, 4) is 11.5 Å². The lowest BCUT2D eigenvalue weighted by Gasteiger charge is -2.19. The van der Waals surface area contributed by atoms with Gasteiger partial charge in [-0.25, -0.2) is 8.42 Å². The van der Waals surface area contributed by atoms with Crippen LogP contribution in [0.4, 0.5) is 17.1 Å². The number of carboxylic acid groups (broad SMARTS) is 1. The van der Waals surface area contributed by atoms with Gasteiger partial charge in [0.15, 0.2) is 9.84 Å². The van der Waals surface area contributed by atoms with Crippen molar-refractivity contribution in [2.45, 2.75) is 153 Å². The fourth-order valence-electron chi connectivity index (χ4n) is 6.67. The van der Waals surface area contributed by atoms with Crippen molar-refractivity contribution < 1.29 is 27.8 Å². The fourth-order valence-corrected chi connectivity index (χ4v) is 8.03. The summed E-state index contributed by atoms with van der Waals surface area (Å²) < 4.78 is 40.2. The van der Waals surface area contributed by atoms with E-state index >= 15 is 0 Å². The molecule has 0 aliphatic rings. The minimum absolute atomic E-state index is 0.175. The van der Waals surface area contributed by atoms with Gasteiger partial charge in [-0.15, -0.1) is 0 Å². The Morgan fingerprint density at radius 3 is 1.60 bits per heavy atom. The van der Waals surface area contributed by atoms with E-state index in [1.807, 2.05) is 43.4 Å². The van der Waals surface area contributed by atoms with Gasteiger partial charge in [-0.2, -0.15) is 10.2 Å². The predicted molar refractivity (Wildman–Crippen MR) is 233 cm³/mol. The number of unbranched alkanes of at least 4 members (excludes halogenated alkanes) is 15. The molecule has 0 saturated heterocycles. The van der Waals surface area contributed by atoms with Gasteiger partial charge in [-0.3, -0.25) is 4.79 Å². The average molecular weight is 807 g/mol. The summed E-state index contributed by atoms with van der Waals surface area (Å²) in [5, 5.41) is 17.5. The van der Waals surface area contributed by atoms with Crippen molar-refractivity contribution >= 4 is 32.9 Å². The quantitative estimate of drug-likeness (QED) is 0.0469. The van der Waals surface area contributed by atoms with Crippen LogP contribution in [0.15, 0.2) is 75.8 Å². The van der Waals surface area contributed by atoms with Gasteiger partial charge >= 0.3 is 5.97 Å². The number of azo groups is 1. The molecule has 0 spiro atoms. The second-order valence-corrected chi connectivity index (χ2v) is 17.1. The summed E-state index contributed by atoms with van der Waals surface area (Å²) in [5.41, 5.74) is 9.75. The van der Waals surface area contributed by atoms with Crippen molar-refractivity contribution in [1.29, 1.82) is 0 Å². The molecule has 0 aliphatic heterocycles. The Balaban J connectivity index is 1.66. The number of nitrogens with two attached hydrogens (primary N) is 1. The molecule has 0 fully saturated rings. The number of nitrogens with zero attached hydrogens (tertiary/aromatic N) is 3. The first-order valence-electron chi connectivity index (χ1n) is 21.6. The molecule has 57 heavy (non-hydrogen) atoms. The van der Waals surface area contributed by atoms with Crippen LogP contribution in [0.25, 0.3) is 0 Å². The zero-order valence-corrected chi connectivity index (χ0v) is 35.9. The number of carboxylic acids is 1. The summed E-state index contributed by atoms with van der Waals surface area (Å²) in [6.45, 7) is 6.55. The van der Waals surface area contributed by atoms with Gasteiger partial charge in [0.1, 0.15) is 11.5 Å². The number of rotatable bonds is 32. The van der Waals surface area contributed by atoms with Gasteiger partial charge in [-0.1, -0.05) is 104 Å². The number of aliphatic carboxylic acids is 1. The molecule has 10 nitrogen and oxygen atoms in total. The van der Waals surface area contributed by atoms with E-state index in [2.05, 4.69) is 29.0 Å². The molecule has 0 aliphatic carbocycles. The van der Waals surface area contributed by atoms with Crippen molar-refractivity contribution in [3.05, 3.63) is 71.8 Å². The van der Waals surface area contributed by atoms with Crippen LogP contribution in [0.5, 0.6) is 11.5 Å². The second-order valence-electron chi connectivity index (χ2n) is 15.2. The first-order chi connectivity index (χ1) is 27.7. The molecule has 3 aromatic carbocycles. The summed E-state index contributed by atoms with van der Waals surface area (Å²) >= 11 is 0. The van der Waals surface area contributed by atoms with Crippen LogP contribution in [-0.2, 0) is 26.9 Å². The molecule has 3 N–H and O–H groups in total. The van der Waals surface area contributed by atoms with E-state index in [9.17, 15) is 13.2 Å². The predicted octanol–water partition coefficient (Wildman–Crippen LogP) is 12.3. The Morgan fingerprint density at radius 1 is 0.649 bits per heavy atom. The molecule has 0 aromatic heterocycles. The van der Waals surface area contributed by atoms with E-state index in [0.29, 0.717) is 48.1 Å². The summed E-state index contributed by atoms with van der Waals surface area (Å²) in [6.07, 6.45) is 20.7. The van der Waals surface area contributed by atoms with E-state index < -0.39 is 15.8 Å². The van der Waals surface area contributed by atoms with Crippen LogP contribution >= 0.6 is 0 Å². The number of hydrogen-bond acceptors (Lipinski definition) is 9. The summed E-state index contributed by atoms with van der Waals surface area (Å²) in [5.74, 6) is 0.156. The fraction of sp³-hybridized carbons (Fsp3) is 0.587. The highest BCUT2D eigenvalue weighted by atomic mass is 32.2. The molecule has 0 amide bonds. The third-order valence-corrected chi connectivity index (χ3v) is 11.9. The molecule has 0 saturated carbocycles. The van der Waals surface area contributed by atoms with E-state index in [1.54, 1.807) is 24.3 Å². The van der Waals surface area contributed by atoms with Crippen LogP contribution < -0.4 is 20.1 Å².